The molecule has 9 nitrogen and oxygen atoms in total. The number of nitriles is 1. The number of nitrogens with two attached hydrogens (primary N) is 1. The molecule has 0 saturated heterocycles. The van der Waals surface area contributed by atoms with E-state index in [0.717, 1.165) is 4.90 Å². The minimum atomic E-state index is -0.882. The highest BCUT2D eigenvalue weighted by Gasteiger charge is 2.36. The molecule has 1 aliphatic heterocycles. The predicted octanol–water partition coefficient (Wildman–Crippen LogP) is 1.29. The first kappa shape index (κ1) is 20.3. The standard InChI is InChI=1S/C21H15N3O6/c1-29-17-9-12(8-13(10-22)19(23)26)6-7-16(17)30-18(25)11-24-20(27)14-4-2-3-5-15(14)21(24)28/h2-9H,11H2,1H3,(H2,23,26)/b13-8+. The van der Waals surface area contributed by atoms with Crippen LogP contribution in [-0.2, 0) is 9.59 Å². The molecule has 9 heteroatoms. The van der Waals surface area contributed by atoms with Crippen LogP contribution in [0.3, 0.4) is 0 Å². The first-order valence-electron chi connectivity index (χ1n) is 8.61. The third-order valence-electron chi connectivity index (χ3n) is 4.27. The maximum absolute atomic E-state index is 12.4. The normalized spacial score (nSPS) is 12.9. The van der Waals surface area contributed by atoms with Crippen LogP contribution in [0.15, 0.2) is 48.0 Å². The van der Waals surface area contributed by atoms with Crippen molar-refractivity contribution in [3.63, 3.8) is 0 Å². The summed E-state index contributed by atoms with van der Waals surface area (Å²) < 4.78 is 10.4. The molecular formula is C21H15N3O6. The van der Waals surface area contributed by atoms with Crippen LogP contribution in [0.2, 0.25) is 0 Å². The Morgan fingerprint density at radius 3 is 2.27 bits per heavy atom. The summed E-state index contributed by atoms with van der Waals surface area (Å²) in [5, 5.41) is 8.92. The van der Waals surface area contributed by atoms with Crippen LogP contribution in [0.1, 0.15) is 26.3 Å². The lowest BCUT2D eigenvalue weighted by Gasteiger charge is -2.14. The van der Waals surface area contributed by atoms with Gasteiger partial charge in [-0.1, -0.05) is 18.2 Å². The van der Waals surface area contributed by atoms with E-state index in [9.17, 15) is 19.2 Å². The van der Waals surface area contributed by atoms with Crippen LogP contribution in [0, 0.1) is 11.3 Å². The van der Waals surface area contributed by atoms with E-state index in [1.54, 1.807) is 18.2 Å². The predicted molar refractivity (Wildman–Crippen MR) is 103 cm³/mol. The second-order valence-electron chi connectivity index (χ2n) is 6.16. The lowest BCUT2D eigenvalue weighted by Crippen LogP contribution is -2.36. The second kappa shape index (κ2) is 8.28. The van der Waals surface area contributed by atoms with Crippen LogP contribution >= 0.6 is 0 Å². The van der Waals surface area contributed by atoms with Crippen LogP contribution in [0.4, 0.5) is 0 Å². The van der Waals surface area contributed by atoms with Gasteiger partial charge in [0.25, 0.3) is 17.7 Å². The Bertz CT molecular complexity index is 1110. The lowest BCUT2D eigenvalue weighted by atomic mass is 10.1. The van der Waals surface area contributed by atoms with E-state index >= 15 is 0 Å². The zero-order valence-electron chi connectivity index (χ0n) is 15.7. The molecule has 30 heavy (non-hydrogen) atoms. The summed E-state index contributed by atoms with van der Waals surface area (Å²) in [7, 11) is 1.34. The highest BCUT2D eigenvalue weighted by atomic mass is 16.6. The molecule has 0 radical (unpaired) electrons. The molecule has 0 atom stereocenters. The Morgan fingerprint density at radius 2 is 1.73 bits per heavy atom. The van der Waals surface area contributed by atoms with E-state index < -0.39 is 30.2 Å². The number of nitrogens with zero attached hydrogens (tertiary/aromatic N) is 2. The molecule has 3 amide bonds. The fourth-order valence-corrected chi connectivity index (χ4v) is 2.85. The van der Waals surface area contributed by atoms with Gasteiger partial charge < -0.3 is 15.2 Å². The van der Waals surface area contributed by atoms with Gasteiger partial charge in [0.1, 0.15) is 18.2 Å². The Hall–Kier alpha value is -4.45. The maximum Gasteiger partial charge on any atom is 0.331 e. The number of fused-ring (bicyclic) bond motifs is 1. The number of carbonyl (C=O) groups excluding carboxylic acids is 4. The number of primary amides is 1. The van der Waals surface area contributed by atoms with Crippen LogP contribution in [0.25, 0.3) is 6.08 Å². The fraction of sp³-hybridized carbons (Fsp3) is 0.0952. The summed E-state index contributed by atoms with van der Waals surface area (Å²) in [4.78, 5) is 49.0. The van der Waals surface area contributed by atoms with E-state index in [-0.39, 0.29) is 28.2 Å². The molecule has 0 aromatic heterocycles. The summed E-state index contributed by atoms with van der Waals surface area (Å²) in [6, 6.07) is 12.3. The van der Waals surface area contributed by atoms with Gasteiger partial charge in [-0.05, 0) is 35.9 Å². The number of hydrogen-bond donors (Lipinski definition) is 1. The van der Waals surface area contributed by atoms with Gasteiger partial charge >= 0.3 is 5.97 Å². The molecule has 0 aliphatic carbocycles. The van der Waals surface area contributed by atoms with Gasteiger partial charge in [-0.25, -0.2) is 4.79 Å². The molecule has 0 saturated carbocycles. The molecule has 3 rings (SSSR count). The smallest absolute Gasteiger partial charge is 0.331 e. The van der Waals surface area contributed by atoms with Gasteiger partial charge in [-0.3, -0.25) is 19.3 Å². The quantitative estimate of drug-likeness (QED) is 0.251. The van der Waals surface area contributed by atoms with Crippen molar-refractivity contribution in [1.29, 1.82) is 5.26 Å². The second-order valence-corrected chi connectivity index (χ2v) is 6.16. The fourth-order valence-electron chi connectivity index (χ4n) is 2.85. The molecule has 150 valence electrons. The van der Waals surface area contributed by atoms with Crippen molar-refractivity contribution in [2.24, 2.45) is 5.73 Å². The van der Waals surface area contributed by atoms with Crippen molar-refractivity contribution in [2.75, 3.05) is 13.7 Å². The Balaban J connectivity index is 1.76. The molecule has 0 fully saturated rings. The van der Waals surface area contributed by atoms with E-state index in [0.29, 0.717) is 5.56 Å². The number of amides is 3. The summed E-state index contributed by atoms with van der Waals surface area (Å²) in [6.45, 7) is -0.572. The van der Waals surface area contributed by atoms with Gasteiger partial charge in [0.2, 0.25) is 0 Å². The highest BCUT2D eigenvalue weighted by molar-refractivity contribution is 6.22. The zero-order valence-corrected chi connectivity index (χ0v) is 15.7. The molecule has 2 aromatic rings. The third-order valence-corrected chi connectivity index (χ3v) is 4.27. The van der Waals surface area contributed by atoms with Gasteiger partial charge in [0, 0.05) is 0 Å². The number of carbonyl (C=O) groups is 4. The zero-order chi connectivity index (χ0) is 21.8. The van der Waals surface area contributed by atoms with Gasteiger partial charge in [-0.2, -0.15) is 5.26 Å². The summed E-state index contributed by atoms with van der Waals surface area (Å²) >= 11 is 0. The minimum absolute atomic E-state index is 0.0360. The molecule has 1 heterocycles. The first-order chi connectivity index (χ1) is 14.3. The van der Waals surface area contributed by atoms with Crippen molar-refractivity contribution in [2.45, 2.75) is 0 Å². The highest BCUT2D eigenvalue weighted by Crippen LogP contribution is 2.29. The molecule has 0 spiro atoms. The number of rotatable bonds is 6. The van der Waals surface area contributed by atoms with Crippen molar-refractivity contribution in [3.05, 3.63) is 64.7 Å². The molecular weight excluding hydrogens is 390 g/mol. The van der Waals surface area contributed by atoms with Crippen LogP contribution in [-0.4, -0.2) is 42.2 Å². The van der Waals surface area contributed by atoms with E-state index in [2.05, 4.69) is 0 Å². The van der Waals surface area contributed by atoms with Gasteiger partial charge in [0.05, 0.1) is 18.2 Å². The number of esters is 1. The summed E-state index contributed by atoms with van der Waals surface area (Å²) in [5.74, 6) is -2.70. The van der Waals surface area contributed by atoms with E-state index in [1.807, 2.05) is 0 Å². The van der Waals surface area contributed by atoms with E-state index in [4.69, 9.17) is 20.5 Å². The minimum Gasteiger partial charge on any atom is -0.493 e. The molecule has 0 unspecified atom stereocenters. The summed E-state index contributed by atoms with van der Waals surface area (Å²) in [5.41, 5.74) is 5.72. The Morgan fingerprint density at radius 1 is 1.10 bits per heavy atom. The van der Waals surface area contributed by atoms with Crippen LogP contribution < -0.4 is 15.2 Å². The van der Waals surface area contributed by atoms with Gasteiger partial charge in [0.15, 0.2) is 11.5 Å². The van der Waals surface area contributed by atoms with Crippen LogP contribution in [0.5, 0.6) is 11.5 Å². The number of hydrogen-bond acceptors (Lipinski definition) is 7. The number of ether oxygens (including phenoxy) is 2. The summed E-state index contributed by atoms with van der Waals surface area (Å²) in [6.07, 6.45) is 1.26. The Kier molecular flexibility index (Phi) is 5.60. The van der Waals surface area contributed by atoms with E-state index in [1.165, 1.54) is 43.5 Å². The topological polar surface area (TPSA) is 140 Å². The average molecular weight is 405 g/mol. The number of benzene rings is 2. The Labute approximate surface area is 170 Å². The van der Waals surface area contributed by atoms with Crippen molar-refractivity contribution >= 4 is 29.8 Å². The largest absolute Gasteiger partial charge is 0.493 e. The number of imide groups is 1. The molecule has 2 aromatic carbocycles. The first-order valence-corrected chi connectivity index (χ1v) is 8.61. The third kappa shape index (κ3) is 3.88. The SMILES string of the molecule is COc1cc(/C=C(\C#N)C(N)=O)ccc1OC(=O)CN1C(=O)c2ccccc2C1=O. The average Bonchev–Trinajstić information content (AvgIpc) is 2.97. The van der Waals surface area contributed by atoms with Crippen molar-refractivity contribution in [3.8, 4) is 17.6 Å². The van der Waals surface area contributed by atoms with Gasteiger partial charge in [-0.15, -0.1) is 0 Å². The monoisotopic (exact) mass is 405 g/mol. The van der Waals surface area contributed by atoms with Crippen molar-refractivity contribution < 1.29 is 28.7 Å². The molecule has 1 aliphatic rings. The number of methoxy groups -OCH3 is 1. The lowest BCUT2D eigenvalue weighted by molar-refractivity contribution is -0.134. The maximum atomic E-state index is 12.4. The molecule has 0 bridgehead atoms. The van der Waals surface area contributed by atoms with Crippen molar-refractivity contribution in [1.82, 2.24) is 4.90 Å². The molecule has 2 N–H and O–H groups in total.